The first kappa shape index (κ1) is 20.8. The number of benzene rings is 2. The number of thiocarbonyl (C=S) groups is 1. The summed E-state index contributed by atoms with van der Waals surface area (Å²) < 4.78 is 5.57. The van der Waals surface area contributed by atoms with E-state index in [1.165, 1.54) is 16.7 Å². The third kappa shape index (κ3) is 4.65. The predicted octanol–water partition coefficient (Wildman–Crippen LogP) is 4.75. The summed E-state index contributed by atoms with van der Waals surface area (Å²) in [6.07, 6.45) is 5.00. The van der Waals surface area contributed by atoms with Crippen LogP contribution in [0.5, 0.6) is 5.75 Å². The Morgan fingerprint density at radius 2 is 1.97 bits per heavy atom. The second kappa shape index (κ2) is 9.11. The fourth-order valence-corrected chi connectivity index (χ4v) is 4.28. The summed E-state index contributed by atoms with van der Waals surface area (Å²) in [4.78, 5) is 31.4. The van der Waals surface area contributed by atoms with E-state index < -0.39 is 0 Å². The van der Waals surface area contributed by atoms with Crippen LogP contribution < -0.4 is 15.0 Å². The zero-order valence-electron chi connectivity index (χ0n) is 16.4. The van der Waals surface area contributed by atoms with Gasteiger partial charge in [0.2, 0.25) is 0 Å². The fourth-order valence-electron chi connectivity index (χ4n) is 2.98. The Bertz CT molecular complexity index is 1180. The molecule has 2 amide bonds. The Kier molecular flexibility index (Phi) is 6.11. The molecule has 6 nitrogen and oxygen atoms in total. The quantitative estimate of drug-likeness (QED) is 0.450. The molecule has 3 aromatic rings. The molecular formula is C23H17N3O3S2. The van der Waals surface area contributed by atoms with Crippen LogP contribution in [0.2, 0.25) is 0 Å². The van der Waals surface area contributed by atoms with E-state index in [0.29, 0.717) is 31.9 Å². The topological polar surface area (TPSA) is 71.5 Å². The molecule has 1 aliphatic heterocycles. The number of anilines is 2. The van der Waals surface area contributed by atoms with E-state index in [9.17, 15) is 9.59 Å². The number of thioether (sulfide) groups is 1. The van der Waals surface area contributed by atoms with Crippen molar-refractivity contribution in [3.8, 4) is 5.75 Å². The smallest absolute Gasteiger partial charge is 0.270 e. The van der Waals surface area contributed by atoms with Gasteiger partial charge in [0, 0.05) is 17.4 Å². The summed E-state index contributed by atoms with van der Waals surface area (Å²) in [5, 5.41) is 2.87. The van der Waals surface area contributed by atoms with Crippen molar-refractivity contribution in [2.75, 3.05) is 17.3 Å². The van der Waals surface area contributed by atoms with Crippen LogP contribution in [0.25, 0.3) is 6.08 Å². The highest BCUT2D eigenvalue weighted by molar-refractivity contribution is 8.27. The van der Waals surface area contributed by atoms with Crippen molar-refractivity contribution < 1.29 is 14.3 Å². The second-order valence-corrected chi connectivity index (χ2v) is 8.21. The summed E-state index contributed by atoms with van der Waals surface area (Å²) in [7, 11) is 1.57. The van der Waals surface area contributed by atoms with Gasteiger partial charge in [0.05, 0.1) is 23.9 Å². The molecule has 0 spiro atoms. The van der Waals surface area contributed by atoms with Gasteiger partial charge in [0.15, 0.2) is 4.32 Å². The molecule has 1 aromatic heterocycles. The number of hydrogen-bond donors (Lipinski definition) is 1. The van der Waals surface area contributed by atoms with Crippen molar-refractivity contribution in [2.24, 2.45) is 0 Å². The molecule has 2 heterocycles. The number of aromatic nitrogens is 1. The van der Waals surface area contributed by atoms with E-state index in [4.69, 9.17) is 17.0 Å². The lowest BCUT2D eigenvalue weighted by Crippen LogP contribution is -2.27. The van der Waals surface area contributed by atoms with Crippen LogP contribution in [0.15, 0.2) is 78.0 Å². The molecule has 8 heteroatoms. The van der Waals surface area contributed by atoms with Crippen LogP contribution in [0.3, 0.4) is 0 Å². The summed E-state index contributed by atoms with van der Waals surface area (Å²) in [6, 6.07) is 17.7. The van der Waals surface area contributed by atoms with Crippen molar-refractivity contribution in [3.05, 3.63) is 89.1 Å². The van der Waals surface area contributed by atoms with E-state index >= 15 is 0 Å². The van der Waals surface area contributed by atoms with Gasteiger partial charge in [0.25, 0.3) is 11.8 Å². The van der Waals surface area contributed by atoms with Gasteiger partial charge in [-0.05, 0) is 60.2 Å². The Labute approximate surface area is 188 Å². The third-order valence-electron chi connectivity index (χ3n) is 4.49. The minimum atomic E-state index is -0.234. The van der Waals surface area contributed by atoms with Crippen LogP contribution in [0.4, 0.5) is 11.4 Å². The van der Waals surface area contributed by atoms with E-state index in [-0.39, 0.29) is 11.8 Å². The number of methoxy groups -OCH3 is 1. The zero-order valence-corrected chi connectivity index (χ0v) is 18.1. The molecular weight excluding hydrogens is 430 g/mol. The van der Waals surface area contributed by atoms with Gasteiger partial charge in [-0.2, -0.15) is 0 Å². The highest BCUT2D eigenvalue weighted by Crippen LogP contribution is 2.35. The van der Waals surface area contributed by atoms with Gasteiger partial charge in [-0.1, -0.05) is 36.1 Å². The summed E-state index contributed by atoms with van der Waals surface area (Å²) in [6.45, 7) is 0. The number of pyridine rings is 1. The maximum Gasteiger partial charge on any atom is 0.270 e. The molecule has 0 radical (unpaired) electrons. The van der Waals surface area contributed by atoms with Gasteiger partial charge < -0.3 is 10.1 Å². The fraction of sp³-hybridized carbons (Fsp3) is 0.0435. The molecule has 1 saturated heterocycles. The van der Waals surface area contributed by atoms with Crippen LogP contribution in [0, 0.1) is 0 Å². The van der Waals surface area contributed by atoms with Gasteiger partial charge in [-0.3, -0.25) is 19.5 Å². The minimum Gasteiger partial charge on any atom is -0.497 e. The number of amides is 2. The second-order valence-electron chi connectivity index (χ2n) is 6.54. The molecule has 0 bridgehead atoms. The van der Waals surface area contributed by atoms with Crippen molar-refractivity contribution in [3.63, 3.8) is 0 Å². The zero-order chi connectivity index (χ0) is 21.8. The number of carbonyl (C=O) groups is 2. The molecule has 0 unspecified atom stereocenters. The molecule has 4 rings (SSSR count). The lowest BCUT2D eigenvalue weighted by atomic mass is 10.1. The Balaban J connectivity index is 1.51. The number of rotatable bonds is 5. The molecule has 2 aromatic carbocycles. The van der Waals surface area contributed by atoms with Crippen molar-refractivity contribution in [1.82, 2.24) is 4.98 Å². The number of ether oxygens (including phenoxy) is 1. The molecule has 0 atom stereocenters. The van der Waals surface area contributed by atoms with Gasteiger partial charge >= 0.3 is 0 Å². The Morgan fingerprint density at radius 1 is 1.16 bits per heavy atom. The molecule has 1 aliphatic rings. The van der Waals surface area contributed by atoms with Crippen molar-refractivity contribution in [2.45, 2.75) is 0 Å². The average Bonchev–Trinajstić information content (AvgIpc) is 3.07. The number of nitrogens with zero attached hydrogens (tertiary/aromatic N) is 2. The Morgan fingerprint density at radius 3 is 2.68 bits per heavy atom. The molecule has 31 heavy (non-hydrogen) atoms. The largest absolute Gasteiger partial charge is 0.497 e. The van der Waals surface area contributed by atoms with Crippen LogP contribution in [0.1, 0.15) is 15.9 Å². The van der Waals surface area contributed by atoms with Crippen molar-refractivity contribution in [1.29, 1.82) is 0 Å². The Hall–Kier alpha value is -3.49. The standard InChI is InChI=1S/C23H17N3O3S2/c1-29-19-9-7-16(8-10-19)21(27)25-17-5-2-4-15(12-17)13-20-22(28)26(23(30)31-20)18-6-3-11-24-14-18/h2-14H,1H3,(H,25,27)/b20-13-. The highest BCUT2D eigenvalue weighted by atomic mass is 32.2. The first-order valence-corrected chi connectivity index (χ1v) is 10.5. The SMILES string of the molecule is COc1ccc(C(=O)Nc2cccc(/C=C3\SC(=S)N(c4cccnc4)C3=O)c2)cc1. The average molecular weight is 448 g/mol. The number of carbonyl (C=O) groups excluding carboxylic acids is 2. The van der Waals surface area contributed by atoms with E-state index in [1.807, 2.05) is 12.1 Å². The van der Waals surface area contributed by atoms with Crippen molar-refractivity contribution >= 4 is 57.6 Å². The van der Waals surface area contributed by atoms with Crippen LogP contribution in [-0.2, 0) is 4.79 Å². The van der Waals surface area contributed by atoms with Crippen LogP contribution in [-0.4, -0.2) is 28.2 Å². The maximum atomic E-state index is 12.9. The van der Waals surface area contributed by atoms with E-state index in [2.05, 4.69) is 10.3 Å². The summed E-state index contributed by atoms with van der Waals surface area (Å²) in [5.41, 5.74) is 2.55. The monoisotopic (exact) mass is 447 g/mol. The van der Waals surface area contributed by atoms with Gasteiger partial charge in [-0.15, -0.1) is 0 Å². The third-order valence-corrected chi connectivity index (χ3v) is 5.79. The highest BCUT2D eigenvalue weighted by Gasteiger charge is 2.33. The molecule has 1 N–H and O–H groups in total. The predicted molar refractivity (Wildman–Crippen MR) is 127 cm³/mol. The first-order chi connectivity index (χ1) is 15.0. The normalized spacial score (nSPS) is 14.7. The molecule has 0 aliphatic carbocycles. The first-order valence-electron chi connectivity index (χ1n) is 9.28. The number of nitrogens with one attached hydrogen (secondary N) is 1. The van der Waals surface area contributed by atoms with E-state index in [1.54, 1.807) is 74.1 Å². The van der Waals surface area contributed by atoms with Gasteiger partial charge in [0.1, 0.15) is 5.75 Å². The minimum absolute atomic E-state index is 0.198. The number of hydrogen-bond acceptors (Lipinski definition) is 6. The summed E-state index contributed by atoms with van der Waals surface area (Å²) in [5.74, 6) is 0.250. The van der Waals surface area contributed by atoms with E-state index in [0.717, 1.165) is 5.56 Å². The molecule has 0 saturated carbocycles. The lowest BCUT2D eigenvalue weighted by molar-refractivity contribution is -0.113. The lowest BCUT2D eigenvalue weighted by Gasteiger charge is -2.13. The van der Waals surface area contributed by atoms with Crippen LogP contribution >= 0.6 is 24.0 Å². The maximum absolute atomic E-state index is 12.9. The molecule has 1 fully saturated rings. The van der Waals surface area contributed by atoms with Gasteiger partial charge in [-0.25, -0.2) is 0 Å². The summed E-state index contributed by atoms with van der Waals surface area (Å²) >= 11 is 6.61. The molecule has 154 valence electrons.